The number of carbonyl (C=O) groups excluding carboxylic acids is 1. The molecule has 1 saturated heterocycles. The number of aromatic nitrogens is 2. The van der Waals surface area contributed by atoms with Gasteiger partial charge in [0.2, 0.25) is 5.89 Å². The van der Waals surface area contributed by atoms with Crippen molar-refractivity contribution in [3.05, 3.63) is 11.7 Å². The standard InChI is InChI=1S/C12H19N3O3/c1-8-13-10(18-14-8)5-9-6-15(7-9)11(16)17-12(2,3)4/h9H,5-7H2,1-4H3. The van der Waals surface area contributed by atoms with Crippen molar-refractivity contribution < 1.29 is 14.1 Å². The van der Waals surface area contributed by atoms with Crippen molar-refractivity contribution in [1.82, 2.24) is 15.0 Å². The molecule has 1 aliphatic rings. The fourth-order valence-corrected chi connectivity index (χ4v) is 1.84. The fraction of sp³-hybridized carbons (Fsp3) is 0.750. The second-order valence-electron chi connectivity index (χ2n) is 5.69. The number of likely N-dealkylation sites (tertiary alicyclic amines) is 1. The summed E-state index contributed by atoms with van der Waals surface area (Å²) in [5, 5.41) is 3.74. The molecule has 0 N–H and O–H groups in total. The number of hydrogen-bond donors (Lipinski definition) is 0. The van der Waals surface area contributed by atoms with Gasteiger partial charge in [-0.25, -0.2) is 4.79 Å². The van der Waals surface area contributed by atoms with Crippen molar-refractivity contribution in [2.45, 2.75) is 39.7 Å². The van der Waals surface area contributed by atoms with Crippen LogP contribution in [0.5, 0.6) is 0 Å². The summed E-state index contributed by atoms with van der Waals surface area (Å²) < 4.78 is 10.3. The molecule has 2 rings (SSSR count). The molecule has 0 aromatic carbocycles. The molecule has 0 bridgehead atoms. The Morgan fingerprint density at radius 2 is 2.17 bits per heavy atom. The highest BCUT2D eigenvalue weighted by Gasteiger charge is 2.34. The third-order valence-electron chi connectivity index (χ3n) is 2.64. The van der Waals surface area contributed by atoms with Gasteiger partial charge in [0.1, 0.15) is 5.60 Å². The van der Waals surface area contributed by atoms with Gasteiger partial charge in [-0.15, -0.1) is 0 Å². The number of amides is 1. The monoisotopic (exact) mass is 253 g/mol. The third kappa shape index (κ3) is 3.21. The summed E-state index contributed by atoms with van der Waals surface area (Å²) in [6.07, 6.45) is 0.473. The van der Waals surface area contributed by atoms with Crippen LogP contribution in [0, 0.1) is 12.8 Å². The lowest BCUT2D eigenvalue weighted by Gasteiger charge is -2.39. The van der Waals surface area contributed by atoms with E-state index in [2.05, 4.69) is 10.1 Å². The van der Waals surface area contributed by atoms with E-state index in [1.165, 1.54) is 0 Å². The maximum absolute atomic E-state index is 11.7. The molecule has 1 aromatic rings. The van der Waals surface area contributed by atoms with Gasteiger partial charge < -0.3 is 14.2 Å². The molecule has 0 atom stereocenters. The zero-order chi connectivity index (χ0) is 13.3. The van der Waals surface area contributed by atoms with E-state index in [4.69, 9.17) is 9.26 Å². The van der Waals surface area contributed by atoms with Gasteiger partial charge in [0, 0.05) is 25.4 Å². The minimum absolute atomic E-state index is 0.250. The average molecular weight is 253 g/mol. The summed E-state index contributed by atoms with van der Waals surface area (Å²) in [5.41, 5.74) is -0.439. The molecule has 2 heterocycles. The van der Waals surface area contributed by atoms with Crippen LogP contribution in [0.4, 0.5) is 4.79 Å². The van der Waals surface area contributed by atoms with Crippen LogP contribution in [0.25, 0.3) is 0 Å². The van der Waals surface area contributed by atoms with Crippen molar-refractivity contribution >= 4 is 6.09 Å². The number of ether oxygens (including phenoxy) is 1. The van der Waals surface area contributed by atoms with E-state index >= 15 is 0 Å². The molecule has 0 radical (unpaired) electrons. The molecule has 1 aromatic heterocycles. The zero-order valence-corrected chi connectivity index (χ0v) is 11.3. The van der Waals surface area contributed by atoms with Crippen molar-refractivity contribution in [2.24, 2.45) is 5.92 Å². The molecule has 6 nitrogen and oxygen atoms in total. The smallest absolute Gasteiger partial charge is 0.410 e. The molecule has 1 aliphatic heterocycles. The van der Waals surface area contributed by atoms with E-state index in [-0.39, 0.29) is 6.09 Å². The van der Waals surface area contributed by atoms with Gasteiger partial charge in [0.15, 0.2) is 5.82 Å². The molecule has 0 unspecified atom stereocenters. The summed E-state index contributed by atoms with van der Waals surface area (Å²) in [5.74, 6) is 1.67. The molecule has 1 amide bonds. The molecule has 18 heavy (non-hydrogen) atoms. The summed E-state index contributed by atoms with van der Waals surface area (Å²) >= 11 is 0. The molecule has 6 heteroatoms. The van der Waals surface area contributed by atoms with E-state index < -0.39 is 5.60 Å². The van der Waals surface area contributed by atoms with E-state index in [0.717, 1.165) is 6.42 Å². The van der Waals surface area contributed by atoms with Crippen molar-refractivity contribution in [1.29, 1.82) is 0 Å². The topological polar surface area (TPSA) is 68.5 Å². The Morgan fingerprint density at radius 1 is 1.50 bits per heavy atom. The maximum Gasteiger partial charge on any atom is 0.410 e. The fourth-order valence-electron chi connectivity index (χ4n) is 1.84. The van der Waals surface area contributed by atoms with E-state index in [9.17, 15) is 4.79 Å². The first kappa shape index (κ1) is 12.9. The van der Waals surface area contributed by atoms with Gasteiger partial charge in [-0.3, -0.25) is 0 Å². The van der Waals surface area contributed by atoms with E-state index in [1.54, 1.807) is 11.8 Å². The van der Waals surface area contributed by atoms with Gasteiger partial charge in [0.25, 0.3) is 0 Å². The lowest BCUT2D eigenvalue weighted by molar-refractivity contribution is -0.00186. The number of nitrogens with zero attached hydrogens (tertiary/aromatic N) is 3. The SMILES string of the molecule is Cc1noc(CC2CN(C(=O)OC(C)(C)C)C2)n1. The van der Waals surface area contributed by atoms with E-state index in [0.29, 0.717) is 30.7 Å². The highest BCUT2D eigenvalue weighted by molar-refractivity contribution is 5.69. The summed E-state index contributed by atoms with van der Waals surface area (Å²) in [6.45, 7) is 8.77. The Kier molecular flexibility index (Phi) is 3.28. The van der Waals surface area contributed by atoms with Crippen molar-refractivity contribution in [3.8, 4) is 0 Å². The third-order valence-corrected chi connectivity index (χ3v) is 2.64. The van der Waals surface area contributed by atoms with Gasteiger partial charge in [-0.1, -0.05) is 5.16 Å². The Labute approximate surface area is 106 Å². The summed E-state index contributed by atoms with van der Waals surface area (Å²) in [4.78, 5) is 17.5. The Balaban J connectivity index is 1.75. The number of aryl methyl sites for hydroxylation is 1. The lowest BCUT2D eigenvalue weighted by atomic mass is 9.97. The minimum atomic E-state index is -0.439. The lowest BCUT2D eigenvalue weighted by Crippen LogP contribution is -2.52. The maximum atomic E-state index is 11.7. The van der Waals surface area contributed by atoms with Crippen molar-refractivity contribution in [3.63, 3.8) is 0 Å². The van der Waals surface area contributed by atoms with Crippen LogP contribution in [0.15, 0.2) is 4.52 Å². The first-order valence-electron chi connectivity index (χ1n) is 6.10. The molecule has 0 spiro atoms. The van der Waals surface area contributed by atoms with Gasteiger partial charge in [-0.05, 0) is 27.7 Å². The molecule has 0 aliphatic carbocycles. The Bertz CT molecular complexity index is 430. The van der Waals surface area contributed by atoms with Crippen LogP contribution in [0.2, 0.25) is 0 Å². The molecule has 0 saturated carbocycles. The predicted octanol–water partition coefficient (Wildman–Crippen LogP) is 1.79. The largest absolute Gasteiger partial charge is 0.444 e. The highest BCUT2D eigenvalue weighted by Crippen LogP contribution is 2.22. The zero-order valence-electron chi connectivity index (χ0n) is 11.3. The van der Waals surface area contributed by atoms with Gasteiger partial charge in [0.05, 0.1) is 0 Å². The number of rotatable bonds is 2. The average Bonchev–Trinajstić information content (AvgIpc) is 2.53. The summed E-state index contributed by atoms with van der Waals surface area (Å²) in [6, 6.07) is 0. The quantitative estimate of drug-likeness (QED) is 0.803. The van der Waals surface area contributed by atoms with Gasteiger partial charge >= 0.3 is 6.09 Å². The first-order valence-corrected chi connectivity index (χ1v) is 6.10. The summed E-state index contributed by atoms with van der Waals surface area (Å²) in [7, 11) is 0. The predicted molar refractivity (Wildman–Crippen MR) is 64.0 cm³/mol. The van der Waals surface area contributed by atoms with Gasteiger partial charge in [-0.2, -0.15) is 4.98 Å². The number of hydrogen-bond acceptors (Lipinski definition) is 5. The van der Waals surface area contributed by atoms with Crippen LogP contribution < -0.4 is 0 Å². The molecule has 100 valence electrons. The van der Waals surface area contributed by atoms with Crippen LogP contribution in [-0.2, 0) is 11.2 Å². The second kappa shape index (κ2) is 4.59. The minimum Gasteiger partial charge on any atom is -0.444 e. The second-order valence-corrected chi connectivity index (χ2v) is 5.69. The van der Waals surface area contributed by atoms with E-state index in [1.807, 2.05) is 20.8 Å². The van der Waals surface area contributed by atoms with Crippen LogP contribution in [0.1, 0.15) is 32.5 Å². The van der Waals surface area contributed by atoms with Crippen LogP contribution in [0.3, 0.4) is 0 Å². The van der Waals surface area contributed by atoms with Crippen LogP contribution in [-0.4, -0.2) is 39.8 Å². The van der Waals surface area contributed by atoms with Crippen LogP contribution >= 0.6 is 0 Å². The molecule has 1 fully saturated rings. The first-order chi connectivity index (χ1) is 8.33. The van der Waals surface area contributed by atoms with Crippen molar-refractivity contribution in [2.75, 3.05) is 13.1 Å². The normalized spacial score (nSPS) is 16.6. The molecular formula is C12H19N3O3. The number of carbonyl (C=O) groups is 1. The molecular weight excluding hydrogens is 234 g/mol. The Morgan fingerprint density at radius 3 is 2.67 bits per heavy atom. The Hall–Kier alpha value is -1.59. The highest BCUT2D eigenvalue weighted by atomic mass is 16.6.